The smallest absolute Gasteiger partial charge is 0.0954 e. The molecule has 1 heterocycles. The van der Waals surface area contributed by atoms with Crippen molar-refractivity contribution in [2.45, 2.75) is 46.6 Å². The van der Waals surface area contributed by atoms with E-state index >= 15 is 0 Å². The molecule has 0 bridgehead atoms. The third-order valence-electron chi connectivity index (χ3n) is 2.53. The predicted octanol–water partition coefficient (Wildman–Crippen LogP) is 2.78. The Labute approximate surface area is 109 Å². The summed E-state index contributed by atoms with van der Waals surface area (Å²) in [6, 6.07) is 0. The molecule has 1 aromatic heterocycles. The van der Waals surface area contributed by atoms with Crippen molar-refractivity contribution in [2.24, 2.45) is 0 Å². The third kappa shape index (κ3) is 5.15. The molecule has 0 atom stereocenters. The van der Waals surface area contributed by atoms with Crippen LogP contribution in [0.15, 0.2) is 0 Å². The summed E-state index contributed by atoms with van der Waals surface area (Å²) in [7, 11) is 0. The van der Waals surface area contributed by atoms with Crippen LogP contribution in [0.3, 0.4) is 0 Å². The van der Waals surface area contributed by atoms with Crippen LogP contribution in [0, 0.1) is 0 Å². The second-order valence-electron chi connectivity index (χ2n) is 3.95. The van der Waals surface area contributed by atoms with Gasteiger partial charge >= 0.3 is 0 Å². The van der Waals surface area contributed by atoms with Gasteiger partial charge in [0.1, 0.15) is 0 Å². The van der Waals surface area contributed by atoms with E-state index in [2.05, 4.69) is 24.1 Å². The first-order chi connectivity index (χ1) is 8.31. The summed E-state index contributed by atoms with van der Waals surface area (Å²) < 4.78 is 5.37. The largest absolute Gasteiger partial charge is 0.381 e. The van der Waals surface area contributed by atoms with Crippen molar-refractivity contribution in [2.75, 3.05) is 19.8 Å². The minimum atomic E-state index is 0.787. The van der Waals surface area contributed by atoms with Crippen LogP contribution in [0.25, 0.3) is 0 Å². The van der Waals surface area contributed by atoms with Crippen LogP contribution < -0.4 is 5.32 Å². The monoisotopic (exact) mass is 256 g/mol. The third-order valence-corrected chi connectivity index (χ3v) is 3.69. The second kappa shape index (κ2) is 8.61. The van der Waals surface area contributed by atoms with Crippen molar-refractivity contribution >= 4 is 11.3 Å². The molecular weight excluding hydrogens is 232 g/mol. The topological polar surface area (TPSA) is 34.1 Å². The maximum Gasteiger partial charge on any atom is 0.0954 e. The molecule has 0 saturated carbocycles. The van der Waals surface area contributed by atoms with E-state index in [0.29, 0.717) is 0 Å². The van der Waals surface area contributed by atoms with Crippen molar-refractivity contribution in [3.8, 4) is 0 Å². The first-order valence-corrected chi connectivity index (χ1v) is 7.39. The van der Waals surface area contributed by atoms with Gasteiger partial charge in [-0.2, -0.15) is 0 Å². The van der Waals surface area contributed by atoms with Gasteiger partial charge in [0.15, 0.2) is 0 Å². The fourth-order valence-corrected chi connectivity index (χ4v) is 2.75. The predicted molar refractivity (Wildman–Crippen MR) is 73.7 cm³/mol. The highest BCUT2D eigenvalue weighted by molar-refractivity contribution is 7.11. The van der Waals surface area contributed by atoms with Crippen LogP contribution in [0.4, 0.5) is 0 Å². The first kappa shape index (κ1) is 14.6. The first-order valence-electron chi connectivity index (χ1n) is 6.57. The zero-order valence-electron chi connectivity index (χ0n) is 11.2. The lowest BCUT2D eigenvalue weighted by atomic mass is 10.3. The highest BCUT2D eigenvalue weighted by atomic mass is 32.1. The molecule has 1 N–H and O–H groups in total. The van der Waals surface area contributed by atoms with Crippen molar-refractivity contribution in [3.63, 3.8) is 0 Å². The van der Waals surface area contributed by atoms with Gasteiger partial charge in [-0.3, -0.25) is 0 Å². The number of ether oxygens (including phenoxy) is 1. The number of nitrogens with one attached hydrogen (secondary N) is 1. The lowest BCUT2D eigenvalue weighted by Crippen LogP contribution is -2.13. The van der Waals surface area contributed by atoms with Crippen LogP contribution in [0.5, 0.6) is 0 Å². The summed E-state index contributed by atoms with van der Waals surface area (Å²) >= 11 is 1.83. The van der Waals surface area contributed by atoms with E-state index in [9.17, 15) is 0 Å². The number of rotatable bonds is 9. The molecule has 3 nitrogen and oxygen atoms in total. The number of aryl methyl sites for hydroxylation is 1. The fraction of sp³-hybridized carbons (Fsp3) is 0.769. The molecule has 0 amide bonds. The van der Waals surface area contributed by atoms with E-state index in [1.807, 2.05) is 18.3 Å². The molecular formula is C13H24N2OS. The fourth-order valence-electron chi connectivity index (χ4n) is 1.64. The van der Waals surface area contributed by atoms with Gasteiger partial charge in [-0.05, 0) is 26.3 Å². The Balaban J connectivity index is 2.50. The number of thiazole rings is 1. The van der Waals surface area contributed by atoms with Crippen molar-refractivity contribution in [3.05, 3.63) is 15.6 Å². The number of hydrogen-bond donors (Lipinski definition) is 1. The quantitative estimate of drug-likeness (QED) is 0.690. The van der Waals surface area contributed by atoms with E-state index in [-0.39, 0.29) is 0 Å². The van der Waals surface area contributed by atoms with Gasteiger partial charge < -0.3 is 10.1 Å². The van der Waals surface area contributed by atoms with Gasteiger partial charge in [0, 0.05) is 24.4 Å². The summed E-state index contributed by atoms with van der Waals surface area (Å²) in [5.41, 5.74) is 1.25. The molecule has 0 radical (unpaired) electrons. The maximum absolute atomic E-state index is 5.37. The molecule has 0 spiro atoms. The van der Waals surface area contributed by atoms with Crippen LogP contribution in [0.1, 0.15) is 42.8 Å². The minimum absolute atomic E-state index is 0.787. The van der Waals surface area contributed by atoms with Crippen LogP contribution in [-0.4, -0.2) is 24.7 Å². The van der Waals surface area contributed by atoms with E-state index in [1.165, 1.54) is 22.0 Å². The van der Waals surface area contributed by atoms with E-state index in [4.69, 9.17) is 4.74 Å². The average molecular weight is 256 g/mol. The van der Waals surface area contributed by atoms with Crippen molar-refractivity contribution in [1.29, 1.82) is 0 Å². The van der Waals surface area contributed by atoms with Gasteiger partial charge in [0.25, 0.3) is 0 Å². The van der Waals surface area contributed by atoms with Crippen molar-refractivity contribution in [1.82, 2.24) is 10.3 Å². The SMILES string of the molecule is CCCNCc1sc(CCOCC)nc1CC. The van der Waals surface area contributed by atoms with Crippen molar-refractivity contribution < 1.29 is 4.74 Å². The van der Waals surface area contributed by atoms with Crippen LogP contribution in [-0.2, 0) is 24.1 Å². The highest BCUT2D eigenvalue weighted by Crippen LogP contribution is 2.19. The van der Waals surface area contributed by atoms with E-state index < -0.39 is 0 Å². The molecule has 1 aromatic rings. The molecule has 17 heavy (non-hydrogen) atoms. The average Bonchev–Trinajstić information content (AvgIpc) is 2.72. The molecule has 0 aliphatic rings. The van der Waals surface area contributed by atoms with E-state index in [0.717, 1.165) is 39.1 Å². The van der Waals surface area contributed by atoms with Gasteiger partial charge in [0.2, 0.25) is 0 Å². The molecule has 0 aromatic carbocycles. The van der Waals surface area contributed by atoms with Crippen LogP contribution in [0.2, 0.25) is 0 Å². The molecule has 1 rings (SSSR count). The Hall–Kier alpha value is -0.450. The second-order valence-corrected chi connectivity index (χ2v) is 5.12. The van der Waals surface area contributed by atoms with Gasteiger partial charge in [-0.25, -0.2) is 4.98 Å². The lowest BCUT2D eigenvalue weighted by molar-refractivity contribution is 0.151. The van der Waals surface area contributed by atoms with Gasteiger partial charge in [0.05, 0.1) is 17.3 Å². The molecule has 0 aliphatic carbocycles. The Kier molecular flexibility index (Phi) is 7.40. The number of aromatic nitrogens is 1. The molecule has 4 heteroatoms. The zero-order chi connectivity index (χ0) is 12.5. The van der Waals surface area contributed by atoms with Gasteiger partial charge in [-0.1, -0.05) is 13.8 Å². The maximum atomic E-state index is 5.37. The summed E-state index contributed by atoms with van der Waals surface area (Å²) in [6.07, 6.45) is 3.14. The Morgan fingerprint density at radius 1 is 1.29 bits per heavy atom. The summed E-state index contributed by atoms with van der Waals surface area (Å²) in [4.78, 5) is 6.07. The highest BCUT2D eigenvalue weighted by Gasteiger charge is 2.09. The molecule has 0 aliphatic heterocycles. The number of hydrogen-bond acceptors (Lipinski definition) is 4. The lowest BCUT2D eigenvalue weighted by Gasteiger charge is -2.01. The summed E-state index contributed by atoms with van der Waals surface area (Å²) in [6.45, 7) is 10.0. The normalized spacial score (nSPS) is 11.0. The standard InChI is InChI=1S/C13H24N2OS/c1-4-8-14-10-12-11(5-2)15-13(17-12)7-9-16-6-3/h14H,4-10H2,1-3H3. The van der Waals surface area contributed by atoms with Crippen LogP contribution >= 0.6 is 11.3 Å². The minimum Gasteiger partial charge on any atom is -0.381 e. The molecule has 0 unspecified atom stereocenters. The Morgan fingerprint density at radius 2 is 2.12 bits per heavy atom. The molecule has 0 fully saturated rings. The number of nitrogens with zero attached hydrogens (tertiary/aromatic N) is 1. The van der Waals surface area contributed by atoms with Gasteiger partial charge in [-0.15, -0.1) is 11.3 Å². The zero-order valence-corrected chi connectivity index (χ0v) is 12.0. The summed E-state index contributed by atoms with van der Waals surface area (Å²) in [5, 5.41) is 4.66. The molecule has 98 valence electrons. The van der Waals surface area contributed by atoms with E-state index in [1.54, 1.807) is 0 Å². The Bertz CT molecular complexity index is 312. The Morgan fingerprint density at radius 3 is 2.76 bits per heavy atom. The summed E-state index contributed by atoms with van der Waals surface area (Å²) in [5.74, 6) is 0. The molecule has 0 saturated heterocycles.